The first-order valence-electron chi connectivity index (χ1n) is 8.10. The van der Waals surface area contributed by atoms with E-state index in [0.717, 1.165) is 22.6 Å². The summed E-state index contributed by atoms with van der Waals surface area (Å²) >= 11 is 0. The highest BCUT2D eigenvalue weighted by molar-refractivity contribution is 5.76. The van der Waals surface area contributed by atoms with Crippen molar-refractivity contribution in [1.82, 2.24) is 9.55 Å². The molecule has 3 nitrogen and oxygen atoms in total. The zero-order valence-corrected chi connectivity index (χ0v) is 14.4. The van der Waals surface area contributed by atoms with Crippen molar-refractivity contribution in [3.63, 3.8) is 0 Å². The van der Waals surface area contributed by atoms with Crippen LogP contribution in [0.3, 0.4) is 0 Å². The third kappa shape index (κ3) is 3.28. The Bertz CT molecular complexity index is 877. The molecule has 122 valence electrons. The number of hydrogen-bond donors (Lipinski definition) is 0. The van der Waals surface area contributed by atoms with Gasteiger partial charge in [0.25, 0.3) is 0 Å². The van der Waals surface area contributed by atoms with Crippen molar-refractivity contribution in [3.8, 4) is 18.1 Å². The Hall–Kier alpha value is -2.73. The minimum atomic E-state index is 0.138. The van der Waals surface area contributed by atoms with E-state index in [-0.39, 0.29) is 5.41 Å². The summed E-state index contributed by atoms with van der Waals surface area (Å²) in [7, 11) is 0. The second-order valence-corrected chi connectivity index (χ2v) is 6.87. The lowest BCUT2D eigenvalue weighted by Crippen LogP contribution is -2.10. The van der Waals surface area contributed by atoms with Crippen LogP contribution in [0, 0.1) is 12.3 Å². The maximum absolute atomic E-state index is 5.92. The fourth-order valence-corrected chi connectivity index (χ4v) is 2.70. The van der Waals surface area contributed by atoms with Crippen LogP contribution in [0.4, 0.5) is 0 Å². The second kappa shape index (κ2) is 6.41. The maximum atomic E-state index is 5.92. The lowest BCUT2D eigenvalue weighted by atomic mass is 9.87. The Labute approximate surface area is 143 Å². The Morgan fingerprint density at radius 3 is 2.46 bits per heavy atom. The first kappa shape index (κ1) is 16.1. The van der Waals surface area contributed by atoms with Crippen molar-refractivity contribution in [2.75, 3.05) is 0 Å². The molecule has 0 aliphatic heterocycles. The van der Waals surface area contributed by atoms with E-state index in [0.29, 0.717) is 13.2 Å². The summed E-state index contributed by atoms with van der Waals surface area (Å²) in [4.78, 5) is 4.65. The van der Waals surface area contributed by atoms with Crippen LogP contribution in [0.2, 0.25) is 0 Å². The number of aromatic nitrogens is 2. The first-order valence-corrected chi connectivity index (χ1v) is 8.10. The second-order valence-electron chi connectivity index (χ2n) is 6.87. The normalized spacial score (nSPS) is 11.4. The third-order valence-corrected chi connectivity index (χ3v) is 4.07. The largest absolute Gasteiger partial charge is 0.486 e. The average molecular weight is 318 g/mol. The fourth-order valence-electron chi connectivity index (χ4n) is 2.70. The van der Waals surface area contributed by atoms with E-state index in [1.165, 1.54) is 5.56 Å². The summed E-state index contributed by atoms with van der Waals surface area (Å²) in [5.74, 6) is 4.37. The molecule has 0 spiro atoms. The van der Waals surface area contributed by atoms with Crippen molar-refractivity contribution < 1.29 is 4.74 Å². The van der Waals surface area contributed by atoms with Crippen LogP contribution in [0.5, 0.6) is 5.75 Å². The number of benzene rings is 2. The van der Waals surface area contributed by atoms with Crippen molar-refractivity contribution in [2.45, 2.75) is 39.3 Å². The standard InChI is InChI=1S/C21H22N2O/c1-5-14-23-19-9-7-6-8-18(19)22-20(23)15-24-17-12-10-16(11-13-17)21(2,3)4/h1,6-13H,14-15H2,2-4H3. The van der Waals surface area contributed by atoms with E-state index < -0.39 is 0 Å². The highest BCUT2D eigenvalue weighted by Crippen LogP contribution is 2.25. The van der Waals surface area contributed by atoms with Crippen LogP contribution < -0.4 is 4.74 Å². The summed E-state index contributed by atoms with van der Waals surface area (Å²) in [6.07, 6.45) is 5.50. The predicted molar refractivity (Wildman–Crippen MR) is 98.0 cm³/mol. The summed E-state index contributed by atoms with van der Waals surface area (Å²) < 4.78 is 7.95. The van der Waals surface area contributed by atoms with Gasteiger partial charge < -0.3 is 9.30 Å². The maximum Gasteiger partial charge on any atom is 0.148 e. The number of ether oxygens (including phenoxy) is 1. The molecule has 0 bridgehead atoms. The van der Waals surface area contributed by atoms with Crippen molar-refractivity contribution in [2.24, 2.45) is 0 Å². The van der Waals surface area contributed by atoms with Crippen LogP contribution in [0.25, 0.3) is 11.0 Å². The number of hydrogen-bond acceptors (Lipinski definition) is 2. The molecule has 24 heavy (non-hydrogen) atoms. The Kier molecular flexibility index (Phi) is 4.31. The minimum absolute atomic E-state index is 0.138. The number of imidazole rings is 1. The zero-order chi connectivity index (χ0) is 17.2. The molecule has 1 heterocycles. The Morgan fingerprint density at radius 1 is 1.08 bits per heavy atom. The van der Waals surface area contributed by atoms with Crippen LogP contribution in [-0.4, -0.2) is 9.55 Å². The van der Waals surface area contributed by atoms with Crippen LogP contribution in [0.1, 0.15) is 32.2 Å². The molecule has 0 aliphatic rings. The van der Waals surface area contributed by atoms with E-state index in [9.17, 15) is 0 Å². The number of terminal acetylenes is 1. The SMILES string of the molecule is C#CCn1c(COc2ccc(C(C)(C)C)cc2)nc2ccccc21. The fraction of sp³-hybridized carbons (Fsp3) is 0.286. The molecule has 0 saturated heterocycles. The quantitative estimate of drug-likeness (QED) is 0.660. The number of fused-ring (bicyclic) bond motifs is 1. The number of para-hydroxylation sites is 2. The molecule has 0 unspecified atom stereocenters. The van der Waals surface area contributed by atoms with Gasteiger partial charge in [-0.15, -0.1) is 6.42 Å². The molecule has 0 radical (unpaired) electrons. The van der Waals surface area contributed by atoms with E-state index in [1.54, 1.807) is 0 Å². The smallest absolute Gasteiger partial charge is 0.148 e. The molecule has 2 aromatic carbocycles. The molecular formula is C21H22N2O. The van der Waals surface area contributed by atoms with Gasteiger partial charge in [0.2, 0.25) is 0 Å². The van der Waals surface area contributed by atoms with Gasteiger partial charge in [-0.05, 0) is 35.2 Å². The average Bonchev–Trinajstić information content (AvgIpc) is 2.91. The molecule has 3 heteroatoms. The first-order chi connectivity index (χ1) is 11.5. The molecule has 3 rings (SSSR count). The van der Waals surface area contributed by atoms with Crippen molar-refractivity contribution in [3.05, 3.63) is 59.9 Å². The molecule has 1 aromatic heterocycles. The summed E-state index contributed by atoms with van der Waals surface area (Å²) in [6, 6.07) is 16.2. The van der Waals surface area contributed by atoms with Gasteiger partial charge in [-0.25, -0.2) is 4.98 Å². The van der Waals surface area contributed by atoms with Gasteiger partial charge in [-0.1, -0.05) is 51.0 Å². The van der Waals surface area contributed by atoms with Gasteiger partial charge in [-0.2, -0.15) is 0 Å². The summed E-state index contributed by atoms with van der Waals surface area (Å²) in [5, 5.41) is 0. The lowest BCUT2D eigenvalue weighted by molar-refractivity contribution is 0.291. The minimum Gasteiger partial charge on any atom is -0.486 e. The summed E-state index contributed by atoms with van der Waals surface area (Å²) in [5.41, 5.74) is 3.40. The van der Waals surface area contributed by atoms with Gasteiger partial charge in [-0.3, -0.25) is 0 Å². The van der Waals surface area contributed by atoms with Gasteiger partial charge in [0.15, 0.2) is 0 Å². The molecule has 0 fully saturated rings. The molecule has 0 saturated carbocycles. The van der Waals surface area contributed by atoms with Crippen LogP contribution in [-0.2, 0) is 18.6 Å². The van der Waals surface area contributed by atoms with E-state index in [1.807, 2.05) is 41.0 Å². The highest BCUT2D eigenvalue weighted by Gasteiger charge is 2.14. The van der Waals surface area contributed by atoms with Gasteiger partial charge in [0.1, 0.15) is 18.2 Å². The predicted octanol–water partition coefficient (Wildman–Crippen LogP) is 4.55. The van der Waals surface area contributed by atoms with Crippen molar-refractivity contribution >= 4 is 11.0 Å². The van der Waals surface area contributed by atoms with Crippen LogP contribution >= 0.6 is 0 Å². The monoisotopic (exact) mass is 318 g/mol. The Balaban J connectivity index is 1.81. The van der Waals surface area contributed by atoms with Gasteiger partial charge in [0, 0.05) is 0 Å². The molecule has 0 amide bonds. The lowest BCUT2D eigenvalue weighted by Gasteiger charge is -2.19. The van der Waals surface area contributed by atoms with Gasteiger partial charge in [0.05, 0.1) is 17.6 Å². The third-order valence-electron chi connectivity index (χ3n) is 4.07. The van der Waals surface area contributed by atoms with E-state index in [2.05, 4.69) is 43.8 Å². The van der Waals surface area contributed by atoms with E-state index >= 15 is 0 Å². The zero-order valence-electron chi connectivity index (χ0n) is 14.4. The number of nitrogens with zero attached hydrogens (tertiary/aromatic N) is 2. The van der Waals surface area contributed by atoms with Crippen molar-refractivity contribution in [1.29, 1.82) is 0 Å². The topological polar surface area (TPSA) is 27.1 Å². The van der Waals surface area contributed by atoms with Crippen LogP contribution in [0.15, 0.2) is 48.5 Å². The molecule has 0 N–H and O–H groups in total. The highest BCUT2D eigenvalue weighted by atomic mass is 16.5. The van der Waals surface area contributed by atoms with Gasteiger partial charge >= 0.3 is 0 Å². The number of rotatable bonds is 4. The molecule has 0 atom stereocenters. The molecular weight excluding hydrogens is 296 g/mol. The molecule has 0 aliphatic carbocycles. The summed E-state index contributed by atoms with van der Waals surface area (Å²) in [6.45, 7) is 7.48. The van der Waals surface area contributed by atoms with E-state index in [4.69, 9.17) is 11.2 Å². The molecule has 3 aromatic rings. The Morgan fingerprint density at radius 2 is 1.79 bits per heavy atom.